The minimum atomic E-state index is -0.472. The van der Waals surface area contributed by atoms with E-state index in [0.717, 1.165) is 43.0 Å². The summed E-state index contributed by atoms with van der Waals surface area (Å²) in [5.41, 5.74) is 2.69. The lowest BCUT2D eigenvalue weighted by molar-refractivity contribution is 0.0664. The molecule has 2 heterocycles. The van der Waals surface area contributed by atoms with Crippen LogP contribution in [-0.4, -0.2) is 54.0 Å². The molecule has 0 unspecified atom stereocenters. The first kappa shape index (κ1) is 22.2. The Morgan fingerprint density at radius 2 is 1.58 bits per heavy atom. The van der Waals surface area contributed by atoms with Crippen molar-refractivity contribution in [3.8, 4) is 17.6 Å². The monoisotopic (exact) mass is 443 g/mol. The van der Waals surface area contributed by atoms with Crippen molar-refractivity contribution in [2.24, 2.45) is 0 Å². The number of nitrogens with one attached hydrogen (secondary N) is 1. The number of benzene rings is 2. The van der Waals surface area contributed by atoms with E-state index in [0.29, 0.717) is 5.56 Å². The van der Waals surface area contributed by atoms with Crippen molar-refractivity contribution in [2.75, 3.05) is 38.5 Å². The van der Waals surface area contributed by atoms with Crippen LogP contribution < -0.4 is 10.7 Å². The Bertz CT molecular complexity index is 1230. The van der Waals surface area contributed by atoms with Crippen molar-refractivity contribution in [1.29, 1.82) is 0 Å². The van der Waals surface area contributed by atoms with Crippen molar-refractivity contribution in [3.63, 3.8) is 0 Å². The third-order valence-corrected chi connectivity index (χ3v) is 5.54. The summed E-state index contributed by atoms with van der Waals surface area (Å²) in [6.07, 6.45) is 1.26. The number of amides is 1. The fraction of sp³-hybridized carbons (Fsp3) is 0.231. The molecule has 3 aromatic rings. The molecule has 1 amide bonds. The van der Waals surface area contributed by atoms with Gasteiger partial charge in [0.25, 0.3) is 5.91 Å². The Hall–Kier alpha value is -4.02. The van der Waals surface area contributed by atoms with Crippen LogP contribution in [-0.2, 0) is 6.54 Å². The molecule has 0 aliphatic carbocycles. The molecule has 0 radical (unpaired) electrons. The highest BCUT2D eigenvalue weighted by molar-refractivity contribution is 5.94. The van der Waals surface area contributed by atoms with Gasteiger partial charge in [0.2, 0.25) is 11.2 Å². The molecule has 168 valence electrons. The van der Waals surface area contributed by atoms with E-state index in [2.05, 4.69) is 29.1 Å². The van der Waals surface area contributed by atoms with Gasteiger partial charge in [-0.15, -0.1) is 0 Å². The van der Waals surface area contributed by atoms with E-state index in [1.165, 1.54) is 12.3 Å². The van der Waals surface area contributed by atoms with Gasteiger partial charge in [0.15, 0.2) is 5.76 Å². The smallest absolute Gasteiger partial charge is 0.253 e. The molecule has 7 heteroatoms. The zero-order valence-electron chi connectivity index (χ0n) is 18.4. The van der Waals surface area contributed by atoms with Crippen LogP contribution in [0, 0.1) is 11.8 Å². The van der Waals surface area contributed by atoms with Gasteiger partial charge in [-0.1, -0.05) is 11.8 Å². The summed E-state index contributed by atoms with van der Waals surface area (Å²) < 4.78 is 5.17. The van der Waals surface area contributed by atoms with Gasteiger partial charge in [-0.3, -0.25) is 9.59 Å². The molecule has 1 aromatic heterocycles. The van der Waals surface area contributed by atoms with Gasteiger partial charge in [-0.2, -0.15) is 0 Å². The van der Waals surface area contributed by atoms with Crippen LogP contribution in [0.3, 0.4) is 0 Å². The van der Waals surface area contributed by atoms with Gasteiger partial charge < -0.3 is 24.6 Å². The minimum absolute atomic E-state index is 0.0637. The standard InChI is InChI=1S/C26H25N3O4/c1-28-13-15-29(16-14-28)26(32)21-8-4-19(5-9-21)2-3-20-6-10-22(11-7-20)27-18-24-25(31)23(30)12-17-33-24/h4-12,17,27,31H,13-16,18H2,1H3. The van der Waals surface area contributed by atoms with Crippen molar-refractivity contribution >= 4 is 11.6 Å². The summed E-state index contributed by atoms with van der Waals surface area (Å²) in [4.78, 5) is 28.2. The van der Waals surface area contributed by atoms with E-state index in [9.17, 15) is 14.7 Å². The topological polar surface area (TPSA) is 86.0 Å². The van der Waals surface area contributed by atoms with E-state index >= 15 is 0 Å². The van der Waals surface area contributed by atoms with Crippen molar-refractivity contribution < 1.29 is 14.3 Å². The molecule has 1 aliphatic heterocycles. The number of hydrogen-bond donors (Lipinski definition) is 2. The second-order valence-corrected chi connectivity index (χ2v) is 7.91. The predicted molar refractivity (Wildman–Crippen MR) is 126 cm³/mol. The largest absolute Gasteiger partial charge is 0.502 e. The molecular formula is C26H25N3O4. The quantitative estimate of drug-likeness (QED) is 0.603. The minimum Gasteiger partial charge on any atom is -0.502 e. The zero-order chi connectivity index (χ0) is 23.2. The first-order valence-corrected chi connectivity index (χ1v) is 10.7. The van der Waals surface area contributed by atoms with Crippen LogP contribution in [0.4, 0.5) is 5.69 Å². The molecule has 7 nitrogen and oxygen atoms in total. The molecule has 4 rings (SSSR count). The van der Waals surface area contributed by atoms with Crippen molar-refractivity contribution in [3.05, 3.63) is 93.5 Å². The van der Waals surface area contributed by atoms with Crippen LogP contribution in [0.5, 0.6) is 5.75 Å². The molecule has 2 N–H and O–H groups in total. The average molecular weight is 444 g/mol. The maximum atomic E-state index is 12.6. The first-order valence-electron chi connectivity index (χ1n) is 10.7. The highest BCUT2D eigenvalue weighted by atomic mass is 16.4. The summed E-state index contributed by atoms with van der Waals surface area (Å²) in [7, 11) is 2.07. The lowest BCUT2D eigenvalue weighted by atomic mass is 10.1. The first-order chi connectivity index (χ1) is 16.0. The number of nitrogens with zero attached hydrogens (tertiary/aromatic N) is 2. The molecule has 2 aromatic carbocycles. The third-order valence-electron chi connectivity index (χ3n) is 5.54. The normalized spacial score (nSPS) is 13.8. The average Bonchev–Trinajstić information content (AvgIpc) is 2.85. The van der Waals surface area contributed by atoms with Gasteiger partial charge in [0.1, 0.15) is 0 Å². The van der Waals surface area contributed by atoms with E-state index in [1.54, 1.807) is 0 Å². The summed E-state index contributed by atoms with van der Waals surface area (Å²) in [5.74, 6) is 6.10. The van der Waals surface area contributed by atoms with Crippen LogP contribution >= 0.6 is 0 Å². The Morgan fingerprint density at radius 1 is 0.970 bits per heavy atom. The van der Waals surface area contributed by atoms with Gasteiger partial charge in [0, 0.05) is 54.6 Å². The predicted octanol–water partition coefficient (Wildman–Crippen LogP) is 2.74. The van der Waals surface area contributed by atoms with Gasteiger partial charge in [-0.05, 0) is 55.6 Å². The summed E-state index contributed by atoms with van der Waals surface area (Å²) in [6, 6.07) is 16.0. The fourth-order valence-electron chi connectivity index (χ4n) is 3.46. The second kappa shape index (κ2) is 10.1. The maximum absolute atomic E-state index is 12.6. The van der Waals surface area contributed by atoms with Gasteiger partial charge >= 0.3 is 0 Å². The Labute approximate surface area is 192 Å². The van der Waals surface area contributed by atoms with E-state index in [1.807, 2.05) is 53.4 Å². The molecule has 1 aliphatic rings. The number of piperazine rings is 1. The Morgan fingerprint density at radius 3 is 2.21 bits per heavy atom. The molecule has 1 fully saturated rings. The van der Waals surface area contributed by atoms with Crippen molar-refractivity contribution in [2.45, 2.75) is 6.54 Å². The number of likely N-dealkylation sites (N-methyl/N-ethyl adjacent to an activating group) is 1. The molecule has 0 saturated carbocycles. The van der Waals surface area contributed by atoms with E-state index < -0.39 is 5.43 Å². The summed E-state index contributed by atoms with van der Waals surface area (Å²) >= 11 is 0. The molecule has 0 bridgehead atoms. The lowest BCUT2D eigenvalue weighted by Gasteiger charge is -2.32. The van der Waals surface area contributed by atoms with Crippen LogP contribution in [0.2, 0.25) is 0 Å². The van der Waals surface area contributed by atoms with Crippen LogP contribution in [0.25, 0.3) is 0 Å². The van der Waals surface area contributed by atoms with Crippen LogP contribution in [0.15, 0.2) is 70.1 Å². The van der Waals surface area contributed by atoms with Crippen LogP contribution in [0.1, 0.15) is 27.2 Å². The summed E-state index contributed by atoms with van der Waals surface area (Å²) in [6.45, 7) is 3.49. The Balaban J connectivity index is 1.34. The summed E-state index contributed by atoms with van der Waals surface area (Å²) in [5, 5.41) is 12.8. The number of carbonyl (C=O) groups excluding carboxylic acids is 1. The Kier molecular flexibility index (Phi) is 6.77. The number of anilines is 1. The molecule has 33 heavy (non-hydrogen) atoms. The molecule has 1 saturated heterocycles. The number of carbonyl (C=O) groups is 1. The molecule has 0 spiro atoms. The van der Waals surface area contributed by atoms with Gasteiger partial charge in [0.05, 0.1) is 12.8 Å². The van der Waals surface area contributed by atoms with Gasteiger partial charge in [-0.25, -0.2) is 0 Å². The third kappa shape index (κ3) is 5.62. The fourth-order valence-corrected chi connectivity index (χ4v) is 3.46. The molecular weight excluding hydrogens is 418 g/mol. The lowest BCUT2D eigenvalue weighted by Crippen LogP contribution is -2.47. The second-order valence-electron chi connectivity index (χ2n) is 7.91. The SMILES string of the molecule is CN1CCN(C(=O)c2ccc(C#Cc3ccc(NCc4occc(=O)c4O)cc3)cc2)CC1. The highest BCUT2D eigenvalue weighted by Gasteiger charge is 2.20. The number of aromatic hydroxyl groups is 1. The maximum Gasteiger partial charge on any atom is 0.253 e. The van der Waals surface area contributed by atoms with E-state index in [4.69, 9.17) is 4.42 Å². The number of rotatable bonds is 4. The van der Waals surface area contributed by atoms with E-state index in [-0.39, 0.29) is 24.0 Å². The van der Waals surface area contributed by atoms with Crippen molar-refractivity contribution in [1.82, 2.24) is 9.80 Å². The number of hydrogen-bond acceptors (Lipinski definition) is 6. The highest BCUT2D eigenvalue weighted by Crippen LogP contribution is 2.15. The zero-order valence-corrected chi connectivity index (χ0v) is 18.4. The molecule has 0 atom stereocenters.